The van der Waals surface area contributed by atoms with Crippen LogP contribution in [0, 0.1) is 17.8 Å². The van der Waals surface area contributed by atoms with Gasteiger partial charge in [0.05, 0.1) is 0 Å². The molecule has 3 heteroatoms. The number of rotatable bonds is 4. The summed E-state index contributed by atoms with van der Waals surface area (Å²) in [5, 5.41) is 0. The molecule has 0 unspecified atom stereocenters. The molecule has 0 atom stereocenters. The molecule has 96 valence electrons. The Morgan fingerprint density at radius 2 is 1.71 bits per heavy atom. The highest BCUT2D eigenvalue weighted by Gasteiger charge is 2.35. The molecule has 0 aromatic heterocycles. The van der Waals surface area contributed by atoms with Gasteiger partial charge in [-0.05, 0) is 31.6 Å². The van der Waals surface area contributed by atoms with Crippen LogP contribution in [0.5, 0.6) is 0 Å². The molecule has 0 radical (unpaired) electrons. The second kappa shape index (κ2) is 5.19. The molecular weight excluding hydrogens is 214 g/mol. The van der Waals surface area contributed by atoms with Gasteiger partial charge in [0.25, 0.3) is 0 Å². The highest BCUT2D eigenvalue weighted by atomic mass is 16.2. The summed E-state index contributed by atoms with van der Waals surface area (Å²) in [5.74, 6) is 1.73. The lowest BCUT2D eigenvalue weighted by molar-refractivity contribution is -0.134. The normalized spacial score (nSPS) is 21.9. The van der Waals surface area contributed by atoms with Crippen LogP contribution in [0.1, 0.15) is 46.0 Å². The number of hydrogen-bond donors (Lipinski definition) is 0. The van der Waals surface area contributed by atoms with Crippen LogP contribution >= 0.6 is 0 Å². The van der Waals surface area contributed by atoms with E-state index in [0.717, 1.165) is 38.8 Å². The summed E-state index contributed by atoms with van der Waals surface area (Å²) in [5.41, 5.74) is 0. The third-order valence-corrected chi connectivity index (χ3v) is 3.99. The zero-order valence-corrected chi connectivity index (χ0v) is 10.9. The van der Waals surface area contributed by atoms with Gasteiger partial charge in [-0.3, -0.25) is 9.59 Å². The number of hydrogen-bond acceptors (Lipinski definition) is 2. The fourth-order valence-electron chi connectivity index (χ4n) is 2.47. The number of ketones is 1. The van der Waals surface area contributed by atoms with Crippen LogP contribution in [0.2, 0.25) is 0 Å². The minimum absolute atomic E-state index is 0.154. The SMILES string of the molecule is CC(C)C(=O)CC1CCN(C(=O)C2CC2)CC1. The molecule has 1 heterocycles. The molecule has 17 heavy (non-hydrogen) atoms. The smallest absolute Gasteiger partial charge is 0.225 e. The topological polar surface area (TPSA) is 37.4 Å². The number of Topliss-reactive ketones (excluding diaryl/α,β-unsaturated/α-hetero) is 1. The van der Waals surface area contributed by atoms with Gasteiger partial charge in [0, 0.05) is 31.3 Å². The summed E-state index contributed by atoms with van der Waals surface area (Å²) >= 11 is 0. The average molecular weight is 237 g/mol. The van der Waals surface area contributed by atoms with Gasteiger partial charge in [0.15, 0.2) is 0 Å². The molecule has 0 N–H and O–H groups in total. The fraction of sp³-hybridized carbons (Fsp3) is 0.857. The molecule has 0 spiro atoms. The van der Waals surface area contributed by atoms with Crippen molar-refractivity contribution in [1.29, 1.82) is 0 Å². The molecule has 1 aliphatic heterocycles. The van der Waals surface area contributed by atoms with Crippen molar-refractivity contribution >= 4 is 11.7 Å². The van der Waals surface area contributed by atoms with Crippen LogP contribution < -0.4 is 0 Å². The van der Waals surface area contributed by atoms with Crippen molar-refractivity contribution in [2.75, 3.05) is 13.1 Å². The van der Waals surface area contributed by atoms with E-state index in [4.69, 9.17) is 0 Å². The summed E-state index contributed by atoms with van der Waals surface area (Å²) in [6.45, 7) is 5.67. The Morgan fingerprint density at radius 1 is 1.12 bits per heavy atom. The number of carbonyl (C=O) groups excluding carboxylic acids is 2. The highest BCUT2D eigenvalue weighted by Crippen LogP contribution is 2.33. The Balaban J connectivity index is 1.74. The number of carbonyl (C=O) groups is 2. The maximum atomic E-state index is 11.9. The molecule has 2 fully saturated rings. The van der Waals surface area contributed by atoms with E-state index in [9.17, 15) is 9.59 Å². The van der Waals surface area contributed by atoms with Crippen molar-refractivity contribution in [3.8, 4) is 0 Å². The third-order valence-electron chi connectivity index (χ3n) is 3.99. The Bertz CT molecular complexity index is 299. The Morgan fingerprint density at radius 3 is 2.18 bits per heavy atom. The van der Waals surface area contributed by atoms with Gasteiger partial charge in [-0.25, -0.2) is 0 Å². The van der Waals surface area contributed by atoms with E-state index in [1.807, 2.05) is 18.7 Å². The second-order valence-electron chi connectivity index (χ2n) is 5.87. The first-order chi connectivity index (χ1) is 8.08. The number of nitrogens with zero attached hydrogens (tertiary/aromatic N) is 1. The molecule has 1 saturated heterocycles. The summed E-state index contributed by atoms with van der Waals surface area (Å²) in [4.78, 5) is 25.5. The second-order valence-corrected chi connectivity index (χ2v) is 5.87. The molecule has 0 aromatic rings. The number of likely N-dealkylation sites (tertiary alicyclic amines) is 1. The largest absolute Gasteiger partial charge is 0.342 e. The van der Waals surface area contributed by atoms with Crippen LogP contribution in [0.15, 0.2) is 0 Å². The van der Waals surface area contributed by atoms with E-state index in [-0.39, 0.29) is 5.92 Å². The summed E-state index contributed by atoms with van der Waals surface area (Å²) in [6, 6.07) is 0. The van der Waals surface area contributed by atoms with E-state index < -0.39 is 0 Å². The van der Waals surface area contributed by atoms with Crippen LogP contribution in [0.4, 0.5) is 0 Å². The first-order valence-electron chi connectivity index (χ1n) is 6.89. The maximum Gasteiger partial charge on any atom is 0.225 e. The van der Waals surface area contributed by atoms with Crippen molar-refractivity contribution in [3.63, 3.8) is 0 Å². The Hall–Kier alpha value is -0.860. The lowest BCUT2D eigenvalue weighted by Gasteiger charge is -2.32. The van der Waals surface area contributed by atoms with Crippen LogP contribution in [-0.4, -0.2) is 29.7 Å². The van der Waals surface area contributed by atoms with Gasteiger partial charge in [-0.2, -0.15) is 0 Å². The minimum atomic E-state index is 0.154. The minimum Gasteiger partial charge on any atom is -0.342 e. The summed E-state index contributed by atoms with van der Waals surface area (Å²) in [6.07, 6.45) is 4.91. The van der Waals surface area contributed by atoms with Crippen molar-refractivity contribution in [2.45, 2.75) is 46.0 Å². The Kier molecular flexibility index (Phi) is 3.85. The predicted molar refractivity (Wildman–Crippen MR) is 66.5 cm³/mol. The van der Waals surface area contributed by atoms with E-state index in [2.05, 4.69) is 0 Å². The van der Waals surface area contributed by atoms with Crippen LogP contribution in [-0.2, 0) is 9.59 Å². The van der Waals surface area contributed by atoms with Gasteiger partial charge in [-0.1, -0.05) is 13.8 Å². The van der Waals surface area contributed by atoms with Gasteiger partial charge in [0.1, 0.15) is 5.78 Å². The molecule has 2 rings (SSSR count). The molecule has 0 aromatic carbocycles. The average Bonchev–Trinajstić information content (AvgIpc) is 3.13. The fourth-order valence-corrected chi connectivity index (χ4v) is 2.47. The van der Waals surface area contributed by atoms with Crippen molar-refractivity contribution in [2.24, 2.45) is 17.8 Å². The molecule has 1 saturated carbocycles. The molecule has 2 aliphatic rings. The predicted octanol–water partition coefficient (Wildman–Crippen LogP) is 2.25. The molecule has 1 aliphatic carbocycles. The zero-order valence-electron chi connectivity index (χ0n) is 10.9. The van der Waals surface area contributed by atoms with Crippen molar-refractivity contribution in [3.05, 3.63) is 0 Å². The van der Waals surface area contributed by atoms with E-state index in [1.165, 1.54) is 0 Å². The van der Waals surface area contributed by atoms with Gasteiger partial charge in [0.2, 0.25) is 5.91 Å². The van der Waals surface area contributed by atoms with Crippen molar-refractivity contribution < 1.29 is 9.59 Å². The monoisotopic (exact) mass is 237 g/mol. The lowest BCUT2D eigenvalue weighted by atomic mass is 9.89. The zero-order chi connectivity index (χ0) is 12.4. The molecule has 3 nitrogen and oxygen atoms in total. The van der Waals surface area contributed by atoms with E-state index in [0.29, 0.717) is 29.9 Å². The highest BCUT2D eigenvalue weighted by molar-refractivity contribution is 5.81. The number of piperidine rings is 1. The van der Waals surface area contributed by atoms with Crippen LogP contribution in [0.25, 0.3) is 0 Å². The van der Waals surface area contributed by atoms with Crippen molar-refractivity contribution in [1.82, 2.24) is 4.90 Å². The summed E-state index contributed by atoms with van der Waals surface area (Å²) < 4.78 is 0. The maximum absolute atomic E-state index is 11.9. The molecule has 1 amide bonds. The molecular formula is C14H23NO2. The van der Waals surface area contributed by atoms with Gasteiger partial charge >= 0.3 is 0 Å². The van der Waals surface area contributed by atoms with Gasteiger partial charge < -0.3 is 4.90 Å². The summed E-state index contributed by atoms with van der Waals surface area (Å²) in [7, 11) is 0. The first-order valence-corrected chi connectivity index (χ1v) is 6.89. The first kappa shape index (κ1) is 12.6. The standard InChI is InChI=1S/C14H23NO2/c1-10(2)13(16)9-11-5-7-15(8-6-11)14(17)12-3-4-12/h10-12H,3-9H2,1-2H3. The third kappa shape index (κ3) is 3.30. The lowest BCUT2D eigenvalue weighted by Crippen LogP contribution is -2.39. The van der Waals surface area contributed by atoms with Crippen LogP contribution in [0.3, 0.4) is 0 Å². The van der Waals surface area contributed by atoms with E-state index >= 15 is 0 Å². The quantitative estimate of drug-likeness (QED) is 0.752. The van der Waals surface area contributed by atoms with E-state index in [1.54, 1.807) is 0 Å². The Labute approximate surface area is 104 Å². The molecule has 0 bridgehead atoms. The number of amides is 1. The van der Waals surface area contributed by atoms with Gasteiger partial charge in [-0.15, -0.1) is 0 Å².